The third-order valence-electron chi connectivity index (χ3n) is 3.95. The van der Waals surface area contributed by atoms with Crippen LogP contribution >= 0.6 is 15.9 Å². The highest BCUT2D eigenvalue weighted by atomic mass is 79.9. The van der Waals surface area contributed by atoms with Gasteiger partial charge in [-0.3, -0.25) is 14.9 Å². The van der Waals surface area contributed by atoms with Gasteiger partial charge >= 0.3 is 6.03 Å². The van der Waals surface area contributed by atoms with Crippen molar-refractivity contribution < 1.29 is 19.1 Å². The molecule has 4 amide bonds. The van der Waals surface area contributed by atoms with Gasteiger partial charge in [-0.05, 0) is 42.8 Å². The van der Waals surface area contributed by atoms with Crippen LogP contribution in [0.2, 0.25) is 0 Å². The Bertz CT molecular complexity index is 952. The first kappa shape index (κ1) is 17.9. The summed E-state index contributed by atoms with van der Waals surface area (Å²) in [6.07, 6.45) is 1.42. The third kappa shape index (κ3) is 3.25. The fourth-order valence-corrected chi connectivity index (χ4v) is 3.04. The number of carbonyl (C=O) groups is 3. The van der Waals surface area contributed by atoms with E-state index in [1.165, 1.54) is 13.2 Å². The highest BCUT2D eigenvalue weighted by Gasteiger charge is 2.37. The number of anilines is 1. The zero-order chi connectivity index (χ0) is 18.8. The van der Waals surface area contributed by atoms with E-state index in [1.54, 1.807) is 49.4 Å². The van der Waals surface area contributed by atoms with Crippen molar-refractivity contribution in [2.45, 2.75) is 6.92 Å². The summed E-state index contributed by atoms with van der Waals surface area (Å²) >= 11 is 3.35. The Kier molecular flexibility index (Phi) is 4.90. The van der Waals surface area contributed by atoms with Crippen LogP contribution in [0.4, 0.5) is 10.5 Å². The summed E-state index contributed by atoms with van der Waals surface area (Å²) in [4.78, 5) is 38.4. The molecule has 0 radical (unpaired) electrons. The minimum Gasteiger partial charge on any atom is -0.496 e. The third-order valence-corrected chi connectivity index (χ3v) is 4.44. The maximum absolute atomic E-state index is 12.9. The average molecular weight is 415 g/mol. The number of imide groups is 2. The molecule has 1 fully saturated rings. The number of benzene rings is 2. The Labute approximate surface area is 158 Å². The molecule has 1 aliphatic rings. The molecule has 1 saturated heterocycles. The summed E-state index contributed by atoms with van der Waals surface area (Å²) in [5.41, 5.74) is 1.56. The summed E-state index contributed by atoms with van der Waals surface area (Å²) in [5, 5.41) is 2.21. The Balaban J connectivity index is 2.09. The van der Waals surface area contributed by atoms with E-state index in [1.807, 2.05) is 0 Å². The lowest BCUT2D eigenvalue weighted by atomic mass is 10.1. The van der Waals surface area contributed by atoms with Crippen molar-refractivity contribution >= 4 is 45.5 Å². The molecular formula is C19H15BrN2O4. The van der Waals surface area contributed by atoms with E-state index < -0.39 is 17.8 Å². The SMILES string of the molecule is COc1ccc(Br)cc1C=C1C(=O)NC(=O)N(c2ccccc2C)C1=O. The molecule has 26 heavy (non-hydrogen) atoms. The Morgan fingerprint density at radius 2 is 1.85 bits per heavy atom. The second-order valence-electron chi connectivity index (χ2n) is 5.63. The average Bonchev–Trinajstić information content (AvgIpc) is 2.60. The lowest BCUT2D eigenvalue weighted by Gasteiger charge is -2.27. The maximum Gasteiger partial charge on any atom is 0.335 e. The van der Waals surface area contributed by atoms with Crippen molar-refractivity contribution in [3.8, 4) is 5.75 Å². The fraction of sp³-hybridized carbons (Fsp3) is 0.105. The van der Waals surface area contributed by atoms with Crippen LogP contribution in [0, 0.1) is 6.92 Å². The largest absolute Gasteiger partial charge is 0.496 e. The van der Waals surface area contributed by atoms with Crippen molar-refractivity contribution in [3.05, 3.63) is 63.6 Å². The Morgan fingerprint density at radius 3 is 2.54 bits per heavy atom. The lowest BCUT2D eigenvalue weighted by molar-refractivity contribution is -0.122. The highest BCUT2D eigenvalue weighted by Crippen LogP contribution is 2.28. The molecule has 0 spiro atoms. The molecule has 0 bridgehead atoms. The number of methoxy groups -OCH3 is 1. The first-order valence-corrected chi connectivity index (χ1v) is 8.52. The summed E-state index contributed by atoms with van der Waals surface area (Å²) in [6, 6.07) is 11.4. The molecule has 3 rings (SSSR count). The molecule has 2 aromatic rings. The van der Waals surface area contributed by atoms with E-state index in [4.69, 9.17) is 4.74 Å². The van der Waals surface area contributed by atoms with Crippen LogP contribution in [-0.4, -0.2) is 25.0 Å². The highest BCUT2D eigenvalue weighted by molar-refractivity contribution is 9.10. The van der Waals surface area contributed by atoms with Crippen molar-refractivity contribution in [2.24, 2.45) is 0 Å². The number of ether oxygens (including phenoxy) is 1. The van der Waals surface area contributed by atoms with Gasteiger partial charge in [-0.2, -0.15) is 0 Å². The zero-order valence-electron chi connectivity index (χ0n) is 14.1. The topological polar surface area (TPSA) is 75.7 Å². The van der Waals surface area contributed by atoms with Gasteiger partial charge in [-0.25, -0.2) is 9.69 Å². The van der Waals surface area contributed by atoms with Gasteiger partial charge in [0.1, 0.15) is 11.3 Å². The van der Waals surface area contributed by atoms with Gasteiger partial charge in [-0.15, -0.1) is 0 Å². The number of rotatable bonds is 3. The lowest BCUT2D eigenvalue weighted by Crippen LogP contribution is -2.54. The predicted molar refractivity (Wildman–Crippen MR) is 101 cm³/mol. The number of hydrogen-bond acceptors (Lipinski definition) is 4. The number of halogens is 1. The van der Waals surface area contributed by atoms with Crippen molar-refractivity contribution in [1.82, 2.24) is 5.32 Å². The van der Waals surface area contributed by atoms with Gasteiger partial charge in [0.05, 0.1) is 12.8 Å². The van der Waals surface area contributed by atoms with E-state index in [0.29, 0.717) is 17.0 Å². The first-order chi connectivity index (χ1) is 12.4. The van der Waals surface area contributed by atoms with Crippen molar-refractivity contribution in [2.75, 3.05) is 12.0 Å². The molecule has 2 aromatic carbocycles. The number of hydrogen-bond donors (Lipinski definition) is 1. The second-order valence-corrected chi connectivity index (χ2v) is 6.55. The Hall–Kier alpha value is -2.93. The molecule has 1 N–H and O–H groups in total. The number of amides is 4. The van der Waals surface area contributed by atoms with E-state index in [9.17, 15) is 14.4 Å². The molecule has 0 aromatic heterocycles. The van der Waals surface area contributed by atoms with E-state index in [2.05, 4.69) is 21.2 Å². The zero-order valence-corrected chi connectivity index (χ0v) is 15.7. The van der Waals surface area contributed by atoms with Gasteiger partial charge in [0.25, 0.3) is 11.8 Å². The molecule has 0 aliphatic carbocycles. The standard InChI is InChI=1S/C19H15BrN2O4/c1-11-5-3-4-6-15(11)22-18(24)14(17(23)21-19(22)25)10-12-9-13(20)7-8-16(12)26-2/h3-10H,1-2H3,(H,21,23,25). The van der Waals surface area contributed by atoms with E-state index >= 15 is 0 Å². The van der Waals surface area contributed by atoms with Gasteiger partial charge in [0, 0.05) is 10.0 Å². The minimum absolute atomic E-state index is 0.149. The maximum atomic E-state index is 12.9. The van der Waals surface area contributed by atoms with Crippen LogP contribution in [0.25, 0.3) is 6.08 Å². The van der Waals surface area contributed by atoms with E-state index in [0.717, 1.165) is 14.9 Å². The minimum atomic E-state index is -0.771. The number of barbiturate groups is 1. The van der Waals surface area contributed by atoms with Gasteiger partial charge in [0.15, 0.2) is 0 Å². The molecule has 132 valence electrons. The fourth-order valence-electron chi connectivity index (χ4n) is 2.66. The van der Waals surface area contributed by atoms with Crippen LogP contribution in [0.3, 0.4) is 0 Å². The summed E-state index contributed by atoms with van der Waals surface area (Å²) < 4.78 is 6.04. The smallest absolute Gasteiger partial charge is 0.335 e. The molecular weight excluding hydrogens is 400 g/mol. The predicted octanol–water partition coefficient (Wildman–Crippen LogP) is 3.43. The van der Waals surface area contributed by atoms with Crippen molar-refractivity contribution in [3.63, 3.8) is 0 Å². The van der Waals surface area contributed by atoms with E-state index in [-0.39, 0.29) is 5.57 Å². The van der Waals surface area contributed by atoms with Gasteiger partial charge < -0.3 is 4.74 Å². The molecule has 0 unspecified atom stereocenters. The number of carbonyl (C=O) groups excluding carboxylic acids is 3. The molecule has 0 saturated carbocycles. The number of nitrogens with zero attached hydrogens (tertiary/aromatic N) is 1. The van der Waals surface area contributed by atoms with Crippen LogP contribution in [0.1, 0.15) is 11.1 Å². The summed E-state index contributed by atoms with van der Waals surface area (Å²) in [7, 11) is 1.50. The number of urea groups is 1. The quantitative estimate of drug-likeness (QED) is 0.616. The summed E-state index contributed by atoms with van der Waals surface area (Å²) in [5.74, 6) is -0.928. The molecule has 1 heterocycles. The number of para-hydroxylation sites is 1. The van der Waals surface area contributed by atoms with Crippen LogP contribution in [0.5, 0.6) is 5.75 Å². The van der Waals surface area contributed by atoms with Gasteiger partial charge in [-0.1, -0.05) is 34.1 Å². The number of aryl methyl sites for hydroxylation is 1. The van der Waals surface area contributed by atoms with Crippen LogP contribution in [0.15, 0.2) is 52.5 Å². The molecule has 7 heteroatoms. The first-order valence-electron chi connectivity index (χ1n) is 7.73. The molecule has 6 nitrogen and oxygen atoms in total. The molecule has 1 aliphatic heterocycles. The van der Waals surface area contributed by atoms with Gasteiger partial charge in [0.2, 0.25) is 0 Å². The second kappa shape index (κ2) is 7.13. The van der Waals surface area contributed by atoms with Crippen LogP contribution in [-0.2, 0) is 9.59 Å². The number of nitrogens with one attached hydrogen (secondary N) is 1. The molecule has 0 atom stereocenters. The summed E-state index contributed by atoms with van der Waals surface area (Å²) in [6.45, 7) is 1.78. The monoisotopic (exact) mass is 414 g/mol. The van der Waals surface area contributed by atoms with Crippen molar-refractivity contribution in [1.29, 1.82) is 0 Å². The Morgan fingerprint density at radius 1 is 1.12 bits per heavy atom. The normalized spacial score (nSPS) is 16.0. The van der Waals surface area contributed by atoms with Crippen LogP contribution < -0.4 is 15.0 Å².